The van der Waals surface area contributed by atoms with E-state index in [1.165, 1.54) is 39.9 Å². The summed E-state index contributed by atoms with van der Waals surface area (Å²) in [5, 5.41) is 14.7. The Balaban J connectivity index is 1.55. The Labute approximate surface area is 162 Å². The zero-order valence-electron chi connectivity index (χ0n) is 14.7. The summed E-state index contributed by atoms with van der Waals surface area (Å²) in [6.45, 7) is 1.76. The van der Waals surface area contributed by atoms with E-state index in [4.69, 9.17) is 4.74 Å². The third-order valence-electron chi connectivity index (χ3n) is 4.30. The minimum atomic E-state index is -3.57. The fraction of sp³-hybridized carbons (Fsp3) is 0.389. The van der Waals surface area contributed by atoms with Crippen molar-refractivity contribution in [1.29, 1.82) is 0 Å². The first kappa shape index (κ1) is 20.0. The van der Waals surface area contributed by atoms with Crippen LogP contribution in [0.15, 0.2) is 46.7 Å². The summed E-state index contributed by atoms with van der Waals surface area (Å²) < 4.78 is 31.7. The minimum Gasteiger partial charge on any atom is -0.388 e. The van der Waals surface area contributed by atoms with Crippen molar-refractivity contribution in [3.8, 4) is 0 Å². The number of nitrogens with zero attached hydrogens (tertiary/aromatic N) is 1. The van der Waals surface area contributed by atoms with Crippen LogP contribution in [0.2, 0.25) is 0 Å². The van der Waals surface area contributed by atoms with Crippen LogP contribution in [0.5, 0.6) is 0 Å². The van der Waals surface area contributed by atoms with Crippen LogP contribution in [-0.2, 0) is 14.8 Å². The zero-order valence-corrected chi connectivity index (χ0v) is 16.3. The molecule has 2 aromatic rings. The van der Waals surface area contributed by atoms with E-state index in [1.807, 2.05) is 17.5 Å². The number of aliphatic hydroxyl groups is 1. The highest BCUT2D eigenvalue weighted by Gasteiger charge is 2.26. The number of thiophene rings is 1. The summed E-state index contributed by atoms with van der Waals surface area (Å²) in [6.07, 6.45) is -0.193. The van der Waals surface area contributed by atoms with Crippen molar-refractivity contribution >= 4 is 27.3 Å². The van der Waals surface area contributed by atoms with Crippen molar-refractivity contribution in [2.75, 3.05) is 32.8 Å². The van der Waals surface area contributed by atoms with Gasteiger partial charge in [-0.05, 0) is 42.1 Å². The molecule has 1 aliphatic rings. The van der Waals surface area contributed by atoms with Gasteiger partial charge in [0.25, 0.3) is 5.91 Å². The lowest BCUT2D eigenvalue weighted by Gasteiger charge is -2.26. The number of hydrogen-bond acceptors (Lipinski definition) is 6. The number of ether oxygens (including phenoxy) is 1. The van der Waals surface area contributed by atoms with Crippen molar-refractivity contribution in [2.24, 2.45) is 0 Å². The van der Waals surface area contributed by atoms with Crippen LogP contribution in [0.4, 0.5) is 0 Å². The van der Waals surface area contributed by atoms with Gasteiger partial charge in [0.1, 0.15) is 0 Å². The van der Waals surface area contributed by atoms with Gasteiger partial charge in [-0.3, -0.25) is 4.79 Å². The van der Waals surface area contributed by atoms with Gasteiger partial charge in [0, 0.05) is 30.1 Å². The quantitative estimate of drug-likeness (QED) is 0.723. The number of amides is 1. The fourth-order valence-corrected chi connectivity index (χ4v) is 4.92. The predicted molar refractivity (Wildman–Crippen MR) is 102 cm³/mol. The number of hydrogen-bond donors (Lipinski definition) is 2. The summed E-state index contributed by atoms with van der Waals surface area (Å²) >= 11 is 1.47. The maximum absolute atomic E-state index is 12.6. The lowest BCUT2D eigenvalue weighted by Crippen LogP contribution is -2.40. The molecule has 1 aliphatic heterocycles. The van der Waals surface area contributed by atoms with Gasteiger partial charge in [0.15, 0.2) is 0 Å². The summed E-state index contributed by atoms with van der Waals surface area (Å²) in [5.41, 5.74) is 0.376. The number of carbonyl (C=O) groups is 1. The number of rotatable bonds is 7. The van der Waals surface area contributed by atoms with Crippen molar-refractivity contribution in [1.82, 2.24) is 9.62 Å². The molecule has 27 heavy (non-hydrogen) atoms. The highest BCUT2D eigenvalue weighted by molar-refractivity contribution is 7.89. The van der Waals surface area contributed by atoms with Crippen molar-refractivity contribution < 1.29 is 23.1 Å². The van der Waals surface area contributed by atoms with E-state index >= 15 is 0 Å². The third kappa shape index (κ3) is 4.94. The van der Waals surface area contributed by atoms with E-state index in [0.717, 1.165) is 4.88 Å². The second-order valence-electron chi connectivity index (χ2n) is 6.12. The second kappa shape index (κ2) is 8.94. The second-order valence-corrected chi connectivity index (χ2v) is 9.03. The van der Waals surface area contributed by atoms with Crippen LogP contribution in [0.3, 0.4) is 0 Å². The standard InChI is InChI=1S/C18H22N2O5S2/c21-16(17-2-1-13-26-17)7-8-19-18(22)14-3-5-15(6-4-14)27(23,24)20-9-11-25-12-10-20/h1-6,13,16,21H,7-12H2,(H,19,22). The SMILES string of the molecule is O=C(NCCC(O)c1cccs1)c1ccc(S(=O)(=O)N2CCOCC2)cc1. The Morgan fingerprint density at radius 2 is 1.93 bits per heavy atom. The average Bonchev–Trinajstić information content (AvgIpc) is 3.23. The molecule has 0 radical (unpaired) electrons. The third-order valence-corrected chi connectivity index (χ3v) is 7.19. The van der Waals surface area contributed by atoms with E-state index < -0.39 is 16.1 Å². The topological polar surface area (TPSA) is 95.9 Å². The van der Waals surface area contributed by atoms with E-state index in [1.54, 1.807) is 0 Å². The van der Waals surface area contributed by atoms with E-state index in [0.29, 0.717) is 44.8 Å². The number of sulfonamides is 1. The molecule has 3 rings (SSSR count). The highest BCUT2D eigenvalue weighted by Crippen LogP contribution is 2.21. The Morgan fingerprint density at radius 1 is 1.22 bits per heavy atom. The number of benzene rings is 1. The summed E-state index contributed by atoms with van der Waals surface area (Å²) in [7, 11) is -3.57. The molecule has 1 fully saturated rings. The van der Waals surface area contributed by atoms with Gasteiger partial charge < -0.3 is 15.2 Å². The molecule has 146 valence electrons. The molecule has 0 bridgehead atoms. The molecular formula is C18H22N2O5S2. The van der Waals surface area contributed by atoms with Gasteiger partial charge in [0.05, 0.1) is 24.2 Å². The molecule has 1 unspecified atom stereocenters. The first-order valence-corrected chi connectivity index (χ1v) is 11.0. The maximum Gasteiger partial charge on any atom is 0.251 e. The molecule has 2 N–H and O–H groups in total. The molecule has 1 saturated heterocycles. The highest BCUT2D eigenvalue weighted by atomic mass is 32.2. The van der Waals surface area contributed by atoms with Crippen molar-refractivity contribution in [3.05, 3.63) is 52.2 Å². The molecule has 1 amide bonds. The van der Waals surface area contributed by atoms with Gasteiger partial charge >= 0.3 is 0 Å². The number of morpholine rings is 1. The molecule has 0 saturated carbocycles. The van der Waals surface area contributed by atoms with Crippen LogP contribution in [0.1, 0.15) is 27.8 Å². The zero-order chi connectivity index (χ0) is 19.3. The lowest BCUT2D eigenvalue weighted by atomic mass is 10.2. The minimum absolute atomic E-state index is 0.161. The van der Waals surface area contributed by atoms with Crippen LogP contribution < -0.4 is 5.32 Å². The maximum atomic E-state index is 12.6. The Morgan fingerprint density at radius 3 is 2.56 bits per heavy atom. The first-order valence-electron chi connectivity index (χ1n) is 8.66. The van der Waals surface area contributed by atoms with Gasteiger partial charge in [-0.15, -0.1) is 11.3 Å². The van der Waals surface area contributed by atoms with Crippen molar-refractivity contribution in [3.63, 3.8) is 0 Å². The number of aliphatic hydroxyl groups excluding tert-OH is 1. The van der Waals surface area contributed by atoms with E-state index in [2.05, 4.69) is 5.32 Å². The largest absolute Gasteiger partial charge is 0.388 e. The predicted octanol–water partition coefficient (Wildman–Crippen LogP) is 1.62. The van der Waals surface area contributed by atoms with Crippen LogP contribution in [0.25, 0.3) is 0 Å². The van der Waals surface area contributed by atoms with Gasteiger partial charge in [-0.1, -0.05) is 6.07 Å². The molecule has 1 aromatic carbocycles. The van der Waals surface area contributed by atoms with Crippen LogP contribution in [-0.4, -0.2) is 56.6 Å². The van der Waals surface area contributed by atoms with Gasteiger partial charge in [0.2, 0.25) is 10.0 Å². The molecule has 9 heteroatoms. The van der Waals surface area contributed by atoms with Gasteiger partial charge in [-0.25, -0.2) is 8.42 Å². The smallest absolute Gasteiger partial charge is 0.251 e. The van der Waals surface area contributed by atoms with Gasteiger partial charge in [-0.2, -0.15) is 4.31 Å². The summed E-state index contributed by atoms with van der Waals surface area (Å²) in [5.74, 6) is -0.302. The van der Waals surface area contributed by atoms with E-state index in [-0.39, 0.29) is 10.8 Å². The first-order chi connectivity index (χ1) is 13.0. The summed E-state index contributed by atoms with van der Waals surface area (Å²) in [4.78, 5) is 13.2. The Hall–Kier alpha value is -1.78. The monoisotopic (exact) mass is 410 g/mol. The lowest BCUT2D eigenvalue weighted by molar-refractivity contribution is 0.0730. The van der Waals surface area contributed by atoms with E-state index in [9.17, 15) is 18.3 Å². The normalized spacial score (nSPS) is 16.8. The molecule has 7 nitrogen and oxygen atoms in total. The van der Waals surface area contributed by atoms with Crippen molar-refractivity contribution in [2.45, 2.75) is 17.4 Å². The molecule has 0 aliphatic carbocycles. The number of carbonyl (C=O) groups excluding carboxylic acids is 1. The average molecular weight is 411 g/mol. The molecule has 1 atom stereocenters. The fourth-order valence-electron chi connectivity index (χ4n) is 2.76. The molecule has 1 aromatic heterocycles. The Kier molecular flexibility index (Phi) is 6.61. The van der Waals surface area contributed by atoms with Crippen LogP contribution in [0, 0.1) is 0 Å². The Bertz CT molecular complexity index is 844. The summed E-state index contributed by atoms with van der Waals surface area (Å²) in [6, 6.07) is 9.61. The van der Waals surface area contributed by atoms with Crippen LogP contribution >= 0.6 is 11.3 Å². The molecular weight excluding hydrogens is 388 g/mol. The molecule has 0 spiro atoms. The number of nitrogens with one attached hydrogen (secondary N) is 1. The molecule has 2 heterocycles.